The minimum atomic E-state index is -0.634. The fourth-order valence-electron chi connectivity index (χ4n) is 1.14. The van der Waals surface area contributed by atoms with Gasteiger partial charge in [0.05, 0.1) is 6.61 Å². The van der Waals surface area contributed by atoms with Gasteiger partial charge in [0, 0.05) is 0 Å². The van der Waals surface area contributed by atoms with Crippen LogP contribution in [0.25, 0.3) is 0 Å². The molecule has 0 aromatic heterocycles. The number of hydrogen-bond donors (Lipinski definition) is 0. The summed E-state index contributed by atoms with van der Waals surface area (Å²) in [4.78, 5) is 11.2. The first-order chi connectivity index (χ1) is 7.15. The van der Waals surface area contributed by atoms with Gasteiger partial charge in [-0.2, -0.15) is 0 Å². The van der Waals surface area contributed by atoms with Gasteiger partial charge in [0.1, 0.15) is 5.75 Å². The summed E-state index contributed by atoms with van der Waals surface area (Å²) in [6.07, 6.45) is 0.160. The summed E-state index contributed by atoms with van der Waals surface area (Å²) >= 11 is 0. The Balaban J connectivity index is 2.64. The lowest BCUT2D eigenvalue weighted by Crippen LogP contribution is -2.11. The topological polar surface area (TPSA) is 35.5 Å². The van der Waals surface area contributed by atoms with Gasteiger partial charge in [-0.05, 0) is 37.5 Å². The number of carbonyl (C=O) groups excluding carboxylic acids is 1. The van der Waals surface area contributed by atoms with E-state index in [1.165, 1.54) is 0 Å². The molecule has 3 heteroatoms. The SMILES string of the molecule is CCCOC(=O)Oc1cccc(C)c1C. The van der Waals surface area contributed by atoms with Crippen molar-refractivity contribution < 1.29 is 14.3 Å². The average Bonchev–Trinajstić information content (AvgIpc) is 2.22. The number of rotatable bonds is 3. The molecule has 15 heavy (non-hydrogen) atoms. The van der Waals surface area contributed by atoms with Gasteiger partial charge in [-0.15, -0.1) is 0 Å². The van der Waals surface area contributed by atoms with Crippen LogP contribution in [0, 0.1) is 13.8 Å². The zero-order valence-corrected chi connectivity index (χ0v) is 9.37. The molecule has 0 fully saturated rings. The highest BCUT2D eigenvalue weighted by atomic mass is 16.7. The molecule has 82 valence electrons. The zero-order chi connectivity index (χ0) is 11.3. The molecule has 0 aliphatic heterocycles. The summed E-state index contributed by atoms with van der Waals surface area (Å²) in [7, 11) is 0. The van der Waals surface area contributed by atoms with E-state index in [0.29, 0.717) is 12.4 Å². The Morgan fingerprint density at radius 3 is 2.73 bits per heavy atom. The van der Waals surface area contributed by atoms with E-state index >= 15 is 0 Å². The number of ether oxygens (including phenoxy) is 2. The van der Waals surface area contributed by atoms with Crippen molar-refractivity contribution in [3.63, 3.8) is 0 Å². The summed E-state index contributed by atoms with van der Waals surface area (Å²) in [5, 5.41) is 0. The molecular weight excluding hydrogens is 192 g/mol. The van der Waals surface area contributed by atoms with Crippen molar-refractivity contribution in [2.75, 3.05) is 6.61 Å². The van der Waals surface area contributed by atoms with E-state index < -0.39 is 6.16 Å². The number of carbonyl (C=O) groups is 1. The summed E-state index contributed by atoms with van der Waals surface area (Å²) in [5.41, 5.74) is 2.06. The quantitative estimate of drug-likeness (QED) is 0.565. The molecule has 0 spiro atoms. The Labute approximate surface area is 90.0 Å². The van der Waals surface area contributed by atoms with Crippen molar-refractivity contribution in [1.82, 2.24) is 0 Å². The smallest absolute Gasteiger partial charge is 0.434 e. The highest BCUT2D eigenvalue weighted by molar-refractivity contribution is 5.64. The second-order valence-corrected chi connectivity index (χ2v) is 3.40. The predicted molar refractivity (Wildman–Crippen MR) is 58.2 cm³/mol. The fraction of sp³-hybridized carbons (Fsp3) is 0.417. The third kappa shape index (κ3) is 3.27. The van der Waals surface area contributed by atoms with Crippen LogP contribution in [0.5, 0.6) is 5.75 Å². The molecule has 1 aromatic carbocycles. The van der Waals surface area contributed by atoms with E-state index in [1.807, 2.05) is 32.9 Å². The van der Waals surface area contributed by atoms with Gasteiger partial charge in [-0.1, -0.05) is 19.1 Å². The maximum Gasteiger partial charge on any atom is 0.513 e. The first-order valence-electron chi connectivity index (χ1n) is 5.06. The van der Waals surface area contributed by atoms with Crippen molar-refractivity contribution in [1.29, 1.82) is 0 Å². The molecule has 1 aromatic rings. The molecule has 0 amide bonds. The van der Waals surface area contributed by atoms with Gasteiger partial charge in [-0.3, -0.25) is 0 Å². The van der Waals surface area contributed by atoms with Crippen LogP contribution in [0.3, 0.4) is 0 Å². The number of benzene rings is 1. The lowest BCUT2D eigenvalue weighted by molar-refractivity contribution is 0.0989. The molecule has 0 aliphatic rings. The monoisotopic (exact) mass is 208 g/mol. The highest BCUT2D eigenvalue weighted by Crippen LogP contribution is 2.20. The van der Waals surface area contributed by atoms with Gasteiger partial charge in [-0.25, -0.2) is 4.79 Å². The molecule has 0 N–H and O–H groups in total. The Morgan fingerprint density at radius 1 is 1.33 bits per heavy atom. The lowest BCUT2D eigenvalue weighted by atomic mass is 10.1. The molecule has 0 atom stereocenters. The summed E-state index contributed by atoms with van der Waals surface area (Å²) in [6.45, 7) is 6.21. The molecule has 1 rings (SSSR count). The average molecular weight is 208 g/mol. The second-order valence-electron chi connectivity index (χ2n) is 3.40. The van der Waals surface area contributed by atoms with Gasteiger partial charge in [0.15, 0.2) is 0 Å². The third-order valence-corrected chi connectivity index (χ3v) is 2.17. The van der Waals surface area contributed by atoms with Gasteiger partial charge in [0.2, 0.25) is 0 Å². The minimum absolute atomic E-state index is 0.393. The minimum Gasteiger partial charge on any atom is -0.434 e. The van der Waals surface area contributed by atoms with E-state index in [1.54, 1.807) is 6.07 Å². The predicted octanol–water partition coefficient (Wildman–Crippen LogP) is 3.23. The highest BCUT2D eigenvalue weighted by Gasteiger charge is 2.08. The van der Waals surface area contributed by atoms with Crippen LogP contribution in [0.15, 0.2) is 18.2 Å². The Bertz CT molecular complexity index is 345. The summed E-state index contributed by atoms with van der Waals surface area (Å²) in [6, 6.07) is 5.58. The van der Waals surface area contributed by atoms with Crippen LogP contribution in [-0.4, -0.2) is 12.8 Å². The Kier molecular flexibility index (Phi) is 4.16. The van der Waals surface area contributed by atoms with Crippen LogP contribution in [0.2, 0.25) is 0 Å². The summed E-state index contributed by atoms with van der Waals surface area (Å²) < 4.78 is 9.90. The molecule has 0 aliphatic carbocycles. The first kappa shape index (κ1) is 11.6. The summed E-state index contributed by atoms with van der Waals surface area (Å²) in [5.74, 6) is 0.566. The maximum absolute atomic E-state index is 11.2. The van der Waals surface area contributed by atoms with Crippen LogP contribution < -0.4 is 4.74 Å². The van der Waals surface area contributed by atoms with Crippen LogP contribution in [0.1, 0.15) is 24.5 Å². The van der Waals surface area contributed by atoms with E-state index in [-0.39, 0.29) is 0 Å². The maximum atomic E-state index is 11.2. The molecule has 0 heterocycles. The Morgan fingerprint density at radius 2 is 2.07 bits per heavy atom. The lowest BCUT2D eigenvalue weighted by Gasteiger charge is -2.08. The van der Waals surface area contributed by atoms with Crippen molar-refractivity contribution in [2.24, 2.45) is 0 Å². The molecule has 0 radical (unpaired) electrons. The van der Waals surface area contributed by atoms with E-state index in [4.69, 9.17) is 9.47 Å². The molecular formula is C12H16O3. The Hall–Kier alpha value is -1.51. The van der Waals surface area contributed by atoms with E-state index in [0.717, 1.165) is 17.5 Å². The largest absolute Gasteiger partial charge is 0.513 e. The normalized spacial score (nSPS) is 9.80. The van der Waals surface area contributed by atoms with E-state index in [2.05, 4.69) is 0 Å². The van der Waals surface area contributed by atoms with Crippen LogP contribution in [-0.2, 0) is 4.74 Å². The van der Waals surface area contributed by atoms with Crippen molar-refractivity contribution in [2.45, 2.75) is 27.2 Å². The number of hydrogen-bond acceptors (Lipinski definition) is 3. The van der Waals surface area contributed by atoms with Gasteiger partial charge < -0.3 is 9.47 Å². The second kappa shape index (κ2) is 5.39. The molecule has 0 saturated carbocycles. The molecule has 0 saturated heterocycles. The third-order valence-electron chi connectivity index (χ3n) is 2.17. The fourth-order valence-corrected chi connectivity index (χ4v) is 1.14. The molecule has 0 unspecified atom stereocenters. The van der Waals surface area contributed by atoms with Crippen molar-refractivity contribution in [3.05, 3.63) is 29.3 Å². The van der Waals surface area contributed by atoms with Gasteiger partial charge in [0.25, 0.3) is 0 Å². The standard InChI is InChI=1S/C12H16O3/c1-4-8-14-12(13)15-11-7-5-6-9(2)10(11)3/h5-7H,4,8H2,1-3H3. The molecule has 3 nitrogen and oxygen atoms in total. The number of aryl methyl sites for hydroxylation is 1. The van der Waals surface area contributed by atoms with Gasteiger partial charge >= 0.3 is 6.16 Å². The zero-order valence-electron chi connectivity index (χ0n) is 9.37. The van der Waals surface area contributed by atoms with Crippen LogP contribution >= 0.6 is 0 Å². The van der Waals surface area contributed by atoms with E-state index in [9.17, 15) is 4.79 Å². The van der Waals surface area contributed by atoms with Crippen molar-refractivity contribution >= 4 is 6.16 Å². The first-order valence-corrected chi connectivity index (χ1v) is 5.06. The molecule has 0 bridgehead atoms. The van der Waals surface area contributed by atoms with Crippen molar-refractivity contribution in [3.8, 4) is 5.75 Å². The van der Waals surface area contributed by atoms with Crippen LogP contribution in [0.4, 0.5) is 4.79 Å².